The first kappa shape index (κ1) is 20.4. The molecule has 1 atom stereocenters. The highest BCUT2D eigenvalue weighted by molar-refractivity contribution is 7.92. The van der Waals surface area contributed by atoms with Crippen LogP contribution in [-0.4, -0.2) is 43.4 Å². The van der Waals surface area contributed by atoms with Gasteiger partial charge in [-0.3, -0.25) is 9.52 Å². The van der Waals surface area contributed by atoms with Gasteiger partial charge in [-0.25, -0.2) is 13.2 Å². The van der Waals surface area contributed by atoms with Crippen molar-refractivity contribution >= 4 is 27.6 Å². The predicted octanol–water partition coefficient (Wildman–Crippen LogP) is 2.65. The van der Waals surface area contributed by atoms with Gasteiger partial charge in [0.1, 0.15) is 6.04 Å². The zero-order valence-corrected chi connectivity index (χ0v) is 16.4. The van der Waals surface area contributed by atoms with Gasteiger partial charge in [0, 0.05) is 18.3 Å². The number of anilines is 1. The standard InChI is InChI=1S/C19H22N2O5S/c1-12-5-8-15(9-6-12)20-27(25,26)16-10-7-13(2)17(11-16)18(22)21(4)14(3)19(23)24/h5-11,14,20H,1-4H3,(H,23,24). The minimum atomic E-state index is -3.90. The third kappa shape index (κ3) is 4.65. The maximum absolute atomic E-state index is 12.7. The van der Waals surface area contributed by atoms with Crippen LogP contribution in [0, 0.1) is 13.8 Å². The van der Waals surface area contributed by atoms with Gasteiger partial charge in [0.15, 0.2) is 0 Å². The average molecular weight is 390 g/mol. The van der Waals surface area contributed by atoms with E-state index in [0.717, 1.165) is 10.5 Å². The van der Waals surface area contributed by atoms with Gasteiger partial charge >= 0.3 is 5.97 Å². The number of likely N-dealkylation sites (N-methyl/N-ethyl adjacent to an activating group) is 1. The Morgan fingerprint density at radius 3 is 2.22 bits per heavy atom. The van der Waals surface area contributed by atoms with Crippen molar-refractivity contribution in [3.8, 4) is 0 Å². The van der Waals surface area contributed by atoms with E-state index in [4.69, 9.17) is 5.11 Å². The van der Waals surface area contributed by atoms with Crippen LogP contribution in [0.4, 0.5) is 5.69 Å². The fraction of sp³-hybridized carbons (Fsp3) is 0.263. The molecule has 0 fully saturated rings. The number of rotatable bonds is 6. The first-order valence-corrected chi connectivity index (χ1v) is 9.71. The van der Waals surface area contributed by atoms with Crippen molar-refractivity contribution in [1.82, 2.24) is 4.90 Å². The molecule has 0 saturated heterocycles. The molecule has 2 N–H and O–H groups in total. The fourth-order valence-electron chi connectivity index (χ4n) is 2.37. The Kier molecular flexibility index (Phi) is 5.90. The van der Waals surface area contributed by atoms with Crippen LogP contribution in [-0.2, 0) is 14.8 Å². The van der Waals surface area contributed by atoms with Crippen LogP contribution in [0.2, 0.25) is 0 Å². The summed E-state index contributed by atoms with van der Waals surface area (Å²) in [6.45, 7) is 4.94. The fourth-order valence-corrected chi connectivity index (χ4v) is 3.45. The van der Waals surface area contributed by atoms with Gasteiger partial charge in [-0.15, -0.1) is 0 Å². The smallest absolute Gasteiger partial charge is 0.326 e. The Hall–Kier alpha value is -2.87. The number of benzene rings is 2. The molecular formula is C19H22N2O5S. The molecule has 1 amide bonds. The summed E-state index contributed by atoms with van der Waals surface area (Å²) in [6.07, 6.45) is 0. The number of carboxylic acids is 1. The van der Waals surface area contributed by atoms with E-state index in [2.05, 4.69) is 4.72 Å². The molecule has 0 aromatic heterocycles. The average Bonchev–Trinajstić information content (AvgIpc) is 2.61. The van der Waals surface area contributed by atoms with E-state index in [9.17, 15) is 18.0 Å². The van der Waals surface area contributed by atoms with E-state index < -0.39 is 27.9 Å². The number of aliphatic carboxylic acids is 1. The highest BCUT2D eigenvalue weighted by Gasteiger charge is 2.25. The van der Waals surface area contributed by atoms with Crippen LogP contribution < -0.4 is 4.72 Å². The Bertz CT molecular complexity index is 968. The van der Waals surface area contributed by atoms with Crippen molar-refractivity contribution in [3.63, 3.8) is 0 Å². The summed E-state index contributed by atoms with van der Waals surface area (Å²) in [5, 5.41) is 9.09. The van der Waals surface area contributed by atoms with Crippen LogP contribution >= 0.6 is 0 Å². The lowest BCUT2D eigenvalue weighted by Gasteiger charge is -2.22. The number of nitrogens with zero attached hydrogens (tertiary/aromatic N) is 1. The molecule has 7 nitrogen and oxygen atoms in total. The lowest BCUT2D eigenvalue weighted by Crippen LogP contribution is -2.40. The normalized spacial score (nSPS) is 12.3. The Balaban J connectivity index is 2.36. The van der Waals surface area contributed by atoms with Crippen molar-refractivity contribution in [2.75, 3.05) is 11.8 Å². The van der Waals surface area contributed by atoms with Gasteiger partial charge in [0.2, 0.25) is 0 Å². The van der Waals surface area contributed by atoms with Gasteiger partial charge in [-0.1, -0.05) is 23.8 Å². The third-order valence-corrected chi connectivity index (χ3v) is 5.69. The molecule has 144 valence electrons. The molecule has 0 aliphatic rings. The SMILES string of the molecule is Cc1ccc(NS(=O)(=O)c2ccc(C)c(C(=O)N(C)C(C)C(=O)O)c2)cc1. The van der Waals surface area contributed by atoms with Crippen molar-refractivity contribution in [1.29, 1.82) is 0 Å². The Morgan fingerprint density at radius 1 is 1.07 bits per heavy atom. The van der Waals surface area contributed by atoms with E-state index in [-0.39, 0.29) is 10.5 Å². The van der Waals surface area contributed by atoms with E-state index >= 15 is 0 Å². The van der Waals surface area contributed by atoms with Gasteiger partial charge in [0.05, 0.1) is 4.90 Å². The molecule has 1 unspecified atom stereocenters. The van der Waals surface area contributed by atoms with Crippen molar-refractivity contribution in [3.05, 3.63) is 59.2 Å². The van der Waals surface area contributed by atoms with E-state index in [1.807, 2.05) is 6.92 Å². The second-order valence-electron chi connectivity index (χ2n) is 6.38. The molecule has 0 bridgehead atoms. The van der Waals surface area contributed by atoms with E-state index in [1.54, 1.807) is 31.2 Å². The highest BCUT2D eigenvalue weighted by Crippen LogP contribution is 2.21. The van der Waals surface area contributed by atoms with E-state index in [0.29, 0.717) is 11.3 Å². The Labute approximate surface area is 158 Å². The highest BCUT2D eigenvalue weighted by atomic mass is 32.2. The molecule has 2 rings (SSSR count). The molecule has 8 heteroatoms. The summed E-state index contributed by atoms with van der Waals surface area (Å²) < 4.78 is 27.8. The van der Waals surface area contributed by atoms with Crippen molar-refractivity contribution in [2.24, 2.45) is 0 Å². The molecule has 0 saturated carbocycles. The third-order valence-electron chi connectivity index (χ3n) is 4.31. The number of carbonyl (C=O) groups is 2. The topological polar surface area (TPSA) is 104 Å². The number of carbonyl (C=O) groups excluding carboxylic acids is 1. The largest absolute Gasteiger partial charge is 0.480 e. The summed E-state index contributed by atoms with van der Waals surface area (Å²) in [4.78, 5) is 24.7. The van der Waals surface area contributed by atoms with Crippen molar-refractivity contribution < 1.29 is 23.1 Å². The van der Waals surface area contributed by atoms with Gasteiger partial charge in [-0.2, -0.15) is 0 Å². The van der Waals surface area contributed by atoms with Gasteiger partial charge in [0.25, 0.3) is 15.9 Å². The van der Waals surface area contributed by atoms with Crippen LogP contribution in [0.1, 0.15) is 28.4 Å². The van der Waals surface area contributed by atoms with Crippen LogP contribution in [0.15, 0.2) is 47.4 Å². The first-order valence-electron chi connectivity index (χ1n) is 8.23. The van der Waals surface area contributed by atoms with Gasteiger partial charge < -0.3 is 10.0 Å². The first-order chi connectivity index (χ1) is 12.5. The second-order valence-corrected chi connectivity index (χ2v) is 8.06. The Morgan fingerprint density at radius 2 is 1.67 bits per heavy atom. The lowest BCUT2D eigenvalue weighted by atomic mass is 10.1. The van der Waals surface area contributed by atoms with Crippen LogP contribution in [0.5, 0.6) is 0 Å². The summed E-state index contributed by atoms with van der Waals surface area (Å²) in [5.74, 6) is -1.71. The van der Waals surface area contributed by atoms with Crippen LogP contribution in [0.25, 0.3) is 0 Å². The maximum atomic E-state index is 12.7. The molecule has 0 radical (unpaired) electrons. The summed E-state index contributed by atoms with van der Waals surface area (Å²) in [6, 6.07) is 10.0. The molecule has 2 aromatic carbocycles. The van der Waals surface area contributed by atoms with Crippen molar-refractivity contribution in [2.45, 2.75) is 31.7 Å². The monoisotopic (exact) mass is 390 g/mol. The number of carboxylic acid groups (broad SMARTS) is 1. The number of amides is 1. The number of hydrogen-bond acceptors (Lipinski definition) is 4. The molecule has 0 aliphatic heterocycles. The lowest BCUT2D eigenvalue weighted by molar-refractivity contribution is -0.141. The number of hydrogen-bond donors (Lipinski definition) is 2. The number of sulfonamides is 1. The summed E-state index contributed by atoms with van der Waals surface area (Å²) in [5.41, 5.74) is 2.10. The quantitative estimate of drug-likeness (QED) is 0.789. The molecule has 2 aromatic rings. The molecule has 0 spiro atoms. The van der Waals surface area contributed by atoms with Crippen LogP contribution in [0.3, 0.4) is 0 Å². The summed E-state index contributed by atoms with van der Waals surface area (Å²) >= 11 is 0. The maximum Gasteiger partial charge on any atom is 0.326 e. The number of aryl methyl sites for hydroxylation is 2. The number of nitrogens with one attached hydrogen (secondary N) is 1. The summed E-state index contributed by atoms with van der Waals surface area (Å²) in [7, 11) is -2.53. The molecule has 0 heterocycles. The van der Waals surface area contributed by atoms with E-state index in [1.165, 1.54) is 32.2 Å². The van der Waals surface area contributed by atoms with Gasteiger partial charge in [-0.05, 0) is 50.6 Å². The second kappa shape index (κ2) is 7.79. The zero-order chi connectivity index (χ0) is 20.4. The minimum absolute atomic E-state index is 0.0756. The predicted molar refractivity (Wildman–Crippen MR) is 102 cm³/mol. The molecular weight excluding hydrogens is 368 g/mol. The zero-order valence-electron chi connectivity index (χ0n) is 15.6. The molecule has 0 aliphatic carbocycles. The molecule has 27 heavy (non-hydrogen) atoms. The minimum Gasteiger partial charge on any atom is -0.480 e.